The van der Waals surface area contributed by atoms with E-state index in [1.165, 1.54) is 25.3 Å². The van der Waals surface area contributed by atoms with E-state index in [1.807, 2.05) is 18.2 Å². The number of benzene rings is 2. The molecule has 0 aliphatic heterocycles. The van der Waals surface area contributed by atoms with Crippen molar-refractivity contribution in [3.8, 4) is 17.2 Å². The van der Waals surface area contributed by atoms with E-state index in [1.54, 1.807) is 25.3 Å². The van der Waals surface area contributed by atoms with Crippen molar-refractivity contribution in [2.45, 2.75) is 13.2 Å². The number of hydrogen-bond donors (Lipinski definition) is 1. The van der Waals surface area contributed by atoms with Gasteiger partial charge in [-0.05, 0) is 29.8 Å². The van der Waals surface area contributed by atoms with Crippen molar-refractivity contribution < 1.29 is 27.8 Å². The lowest BCUT2D eigenvalue weighted by molar-refractivity contribution is -0.116. The molecule has 2 aromatic rings. The van der Waals surface area contributed by atoms with Crippen LogP contribution in [0.25, 0.3) is 6.08 Å². The molecule has 1 N–H and O–H groups in total. The highest BCUT2D eigenvalue weighted by molar-refractivity contribution is 5.92. The van der Waals surface area contributed by atoms with Crippen LogP contribution >= 0.6 is 0 Å². The molecule has 2 rings (SSSR count). The molecular weight excluding hydrogens is 344 g/mol. The van der Waals surface area contributed by atoms with Gasteiger partial charge >= 0.3 is 6.61 Å². The van der Waals surface area contributed by atoms with Gasteiger partial charge in [-0.15, -0.1) is 0 Å². The van der Waals surface area contributed by atoms with Crippen LogP contribution in [0.5, 0.6) is 17.2 Å². The Hall–Kier alpha value is -3.09. The average molecular weight is 363 g/mol. The Morgan fingerprint density at radius 2 is 1.81 bits per heavy atom. The fourth-order valence-corrected chi connectivity index (χ4v) is 2.23. The molecule has 0 saturated carbocycles. The maximum atomic E-state index is 12.3. The maximum absolute atomic E-state index is 12.3. The van der Waals surface area contributed by atoms with E-state index in [9.17, 15) is 13.6 Å². The first kappa shape index (κ1) is 19.2. The lowest BCUT2D eigenvalue weighted by Crippen LogP contribution is -2.20. The fourth-order valence-electron chi connectivity index (χ4n) is 2.23. The number of carbonyl (C=O) groups is 1. The molecule has 0 radical (unpaired) electrons. The van der Waals surface area contributed by atoms with Gasteiger partial charge in [-0.3, -0.25) is 4.79 Å². The van der Waals surface area contributed by atoms with Crippen molar-refractivity contribution in [1.29, 1.82) is 0 Å². The van der Waals surface area contributed by atoms with E-state index in [0.29, 0.717) is 11.3 Å². The van der Waals surface area contributed by atoms with Crippen molar-refractivity contribution in [3.05, 3.63) is 59.7 Å². The second-order valence-corrected chi connectivity index (χ2v) is 5.16. The third-order valence-electron chi connectivity index (χ3n) is 3.46. The molecule has 0 atom stereocenters. The van der Waals surface area contributed by atoms with Crippen LogP contribution in [-0.4, -0.2) is 26.7 Å². The highest BCUT2D eigenvalue weighted by atomic mass is 19.3. The number of para-hydroxylation sites is 1. The van der Waals surface area contributed by atoms with Gasteiger partial charge in [0.1, 0.15) is 5.75 Å². The molecule has 0 heterocycles. The van der Waals surface area contributed by atoms with E-state index >= 15 is 0 Å². The number of rotatable bonds is 8. The molecule has 0 aromatic heterocycles. The minimum Gasteiger partial charge on any atom is -0.496 e. The van der Waals surface area contributed by atoms with E-state index in [2.05, 4.69) is 10.1 Å². The minimum absolute atomic E-state index is 0.0614. The van der Waals surface area contributed by atoms with Gasteiger partial charge in [-0.1, -0.05) is 24.3 Å². The zero-order valence-corrected chi connectivity index (χ0v) is 14.4. The lowest BCUT2D eigenvalue weighted by atomic mass is 10.2. The van der Waals surface area contributed by atoms with Gasteiger partial charge in [0, 0.05) is 18.2 Å². The molecule has 1 amide bonds. The van der Waals surface area contributed by atoms with Gasteiger partial charge in [0.2, 0.25) is 5.91 Å². The van der Waals surface area contributed by atoms with Crippen LogP contribution in [0.15, 0.2) is 48.5 Å². The van der Waals surface area contributed by atoms with E-state index in [0.717, 1.165) is 5.56 Å². The topological polar surface area (TPSA) is 56.8 Å². The number of hydrogen-bond acceptors (Lipinski definition) is 4. The number of alkyl halides is 2. The first-order chi connectivity index (χ1) is 12.5. The summed E-state index contributed by atoms with van der Waals surface area (Å²) in [5.41, 5.74) is 1.46. The Morgan fingerprint density at radius 1 is 1.08 bits per heavy atom. The predicted molar refractivity (Wildman–Crippen MR) is 93.5 cm³/mol. The highest BCUT2D eigenvalue weighted by Crippen LogP contribution is 2.29. The zero-order chi connectivity index (χ0) is 18.9. The van der Waals surface area contributed by atoms with Crippen LogP contribution in [0.2, 0.25) is 0 Å². The summed E-state index contributed by atoms with van der Waals surface area (Å²) < 4.78 is 39.2. The smallest absolute Gasteiger partial charge is 0.387 e. The summed E-state index contributed by atoms with van der Waals surface area (Å²) in [6.45, 7) is -2.73. The number of methoxy groups -OCH3 is 2. The third kappa shape index (κ3) is 5.47. The number of carbonyl (C=O) groups excluding carboxylic acids is 1. The van der Waals surface area contributed by atoms with Crippen LogP contribution in [0.3, 0.4) is 0 Å². The summed E-state index contributed by atoms with van der Waals surface area (Å²) in [5.74, 6) is 0.467. The summed E-state index contributed by atoms with van der Waals surface area (Å²) in [7, 11) is 2.91. The Labute approximate surface area is 150 Å². The second-order valence-electron chi connectivity index (χ2n) is 5.16. The van der Waals surface area contributed by atoms with E-state index in [-0.39, 0.29) is 24.0 Å². The molecule has 0 bridgehead atoms. The predicted octanol–water partition coefficient (Wildman–Crippen LogP) is 3.63. The van der Waals surface area contributed by atoms with Crippen molar-refractivity contribution in [3.63, 3.8) is 0 Å². The van der Waals surface area contributed by atoms with Crippen LogP contribution in [-0.2, 0) is 11.3 Å². The molecule has 0 aliphatic carbocycles. The molecular formula is C19H19F2NO4. The fraction of sp³-hybridized carbons (Fsp3) is 0.211. The molecule has 0 aliphatic rings. The molecule has 0 spiro atoms. The first-order valence-electron chi connectivity index (χ1n) is 7.74. The summed E-state index contributed by atoms with van der Waals surface area (Å²) in [6, 6.07) is 11.8. The Balaban J connectivity index is 1.97. The molecule has 7 heteroatoms. The van der Waals surface area contributed by atoms with E-state index in [4.69, 9.17) is 9.47 Å². The van der Waals surface area contributed by atoms with Crippen LogP contribution in [0.4, 0.5) is 8.78 Å². The van der Waals surface area contributed by atoms with Crippen molar-refractivity contribution in [2.75, 3.05) is 14.2 Å². The average Bonchev–Trinajstić information content (AvgIpc) is 2.65. The molecule has 5 nitrogen and oxygen atoms in total. The summed E-state index contributed by atoms with van der Waals surface area (Å²) in [5, 5.41) is 2.71. The number of nitrogens with one attached hydrogen (secondary N) is 1. The zero-order valence-electron chi connectivity index (χ0n) is 14.4. The lowest BCUT2D eigenvalue weighted by Gasteiger charge is -2.11. The van der Waals surface area contributed by atoms with Crippen LogP contribution < -0.4 is 19.5 Å². The summed E-state index contributed by atoms with van der Waals surface area (Å²) in [6.07, 6.45) is 3.04. The number of amides is 1. The SMILES string of the molecule is COc1ccccc1/C=C/C(=O)NCc1ccc(OC(F)F)c(OC)c1. The molecule has 138 valence electrons. The Kier molecular flexibility index (Phi) is 6.96. The van der Waals surface area contributed by atoms with Gasteiger partial charge in [0.05, 0.1) is 14.2 Å². The number of halogens is 2. The minimum atomic E-state index is -2.94. The normalized spacial score (nSPS) is 10.8. The quantitative estimate of drug-likeness (QED) is 0.728. The van der Waals surface area contributed by atoms with Crippen molar-refractivity contribution in [1.82, 2.24) is 5.32 Å². The summed E-state index contributed by atoms with van der Waals surface area (Å²) in [4.78, 5) is 12.0. The highest BCUT2D eigenvalue weighted by Gasteiger charge is 2.11. The van der Waals surface area contributed by atoms with Gasteiger partial charge < -0.3 is 19.5 Å². The maximum Gasteiger partial charge on any atom is 0.387 e. The standard InChI is InChI=1S/C19H19F2NO4/c1-24-15-6-4-3-5-14(15)8-10-18(23)22-12-13-7-9-16(26-19(20)21)17(11-13)25-2/h3-11,19H,12H2,1-2H3,(H,22,23)/b10-8+. The molecule has 2 aromatic carbocycles. The Bertz CT molecular complexity index is 778. The third-order valence-corrected chi connectivity index (χ3v) is 3.46. The number of ether oxygens (including phenoxy) is 3. The van der Waals surface area contributed by atoms with Crippen molar-refractivity contribution >= 4 is 12.0 Å². The van der Waals surface area contributed by atoms with Gasteiger partial charge in [-0.25, -0.2) is 0 Å². The molecule has 0 saturated heterocycles. The summed E-state index contributed by atoms with van der Waals surface area (Å²) >= 11 is 0. The molecule has 26 heavy (non-hydrogen) atoms. The van der Waals surface area contributed by atoms with Crippen LogP contribution in [0.1, 0.15) is 11.1 Å². The van der Waals surface area contributed by atoms with Gasteiger partial charge in [0.15, 0.2) is 11.5 Å². The van der Waals surface area contributed by atoms with Gasteiger partial charge in [-0.2, -0.15) is 8.78 Å². The van der Waals surface area contributed by atoms with Crippen LogP contribution in [0, 0.1) is 0 Å². The second kappa shape index (κ2) is 9.41. The monoisotopic (exact) mass is 363 g/mol. The Morgan fingerprint density at radius 3 is 2.50 bits per heavy atom. The first-order valence-corrected chi connectivity index (χ1v) is 7.74. The van der Waals surface area contributed by atoms with E-state index < -0.39 is 6.61 Å². The van der Waals surface area contributed by atoms with Crippen molar-refractivity contribution in [2.24, 2.45) is 0 Å². The molecule has 0 unspecified atom stereocenters. The largest absolute Gasteiger partial charge is 0.496 e. The van der Waals surface area contributed by atoms with Gasteiger partial charge in [0.25, 0.3) is 0 Å². The molecule has 0 fully saturated rings.